The van der Waals surface area contributed by atoms with Crippen LogP contribution in [0.1, 0.15) is 21.6 Å². The number of aromatic nitrogens is 2. The van der Waals surface area contributed by atoms with Gasteiger partial charge in [-0.25, -0.2) is 9.18 Å². The molecule has 0 saturated carbocycles. The Labute approximate surface area is 108 Å². The van der Waals surface area contributed by atoms with Gasteiger partial charge in [-0.05, 0) is 30.7 Å². The predicted octanol–water partition coefficient (Wildman–Crippen LogP) is 2.73. The van der Waals surface area contributed by atoms with E-state index in [1.54, 1.807) is 6.92 Å². The van der Waals surface area contributed by atoms with Crippen LogP contribution >= 0.6 is 11.6 Å². The molecule has 6 heteroatoms. The van der Waals surface area contributed by atoms with Crippen molar-refractivity contribution < 1.29 is 14.3 Å². The fraction of sp³-hybridized carbons (Fsp3) is 0.167. The zero-order chi connectivity index (χ0) is 13.3. The quantitative estimate of drug-likeness (QED) is 0.931. The number of hydrogen-bond acceptors (Lipinski definition) is 2. The number of hydrogen-bond donors (Lipinski definition) is 1. The molecule has 1 heterocycles. The third kappa shape index (κ3) is 2.36. The summed E-state index contributed by atoms with van der Waals surface area (Å²) < 4.78 is 14.6. The van der Waals surface area contributed by atoms with E-state index in [4.69, 9.17) is 16.7 Å². The van der Waals surface area contributed by atoms with E-state index < -0.39 is 11.8 Å². The summed E-state index contributed by atoms with van der Waals surface area (Å²) in [4.78, 5) is 10.9. The van der Waals surface area contributed by atoms with Crippen LogP contribution in [-0.2, 0) is 6.54 Å². The zero-order valence-corrected chi connectivity index (χ0v) is 10.3. The highest BCUT2D eigenvalue weighted by atomic mass is 35.5. The van der Waals surface area contributed by atoms with Crippen molar-refractivity contribution in [2.45, 2.75) is 13.5 Å². The lowest BCUT2D eigenvalue weighted by Crippen LogP contribution is -2.06. The van der Waals surface area contributed by atoms with E-state index >= 15 is 0 Å². The molecule has 0 amide bonds. The van der Waals surface area contributed by atoms with Crippen LogP contribution in [0.25, 0.3) is 0 Å². The number of carbonyl (C=O) groups is 1. The summed E-state index contributed by atoms with van der Waals surface area (Å²) in [6.45, 7) is 1.87. The Morgan fingerprint density at radius 3 is 2.89 bits per heavy atom. The molecule has 0 aliphatic carbocycles. The van der Waals surface area contributed by atoms with Gasteiger partial charge in [-0.3, -0.25) is 4.68 Å². The fourth-order valence-electron chi connectivity index (χ4n) is 1.64. The maximum absolute atomic E-state index is 13.1. The van der Waals surface area contributed by atoms with E-state index in [-0.39, 0.29) is 12.1 Å². The lowest BCUT2D eigenvalue weighted by molar-refractivity contribution is 0.0696. The molecule has 0 aliphatic heterocycles. The minimum atomic E-state index is -1.04. The molecule has 1 aromatic carbocycles. The van der Waals surface area contributed by atoms with Gasteiger partial charge in [0, 0.05) is 5.02 Å². The Hall–Kier alpha value is -1.88. The van der Waals surface area contributed by atoms with Crippen molar-refractivity contribution in [2.24, 2.45) is 0 Å². The summed E-state index contributed by atoms with van der Waals surface area (Å²) >= 11 is 5.94. The molecule has 0 aliphatic rings. The molecule has 0 fully saturated rings. The normalized spacial score (nSPS) is 10.6. The molecular weight excluding hydrogens is 259 g/mol. The molecule has 0 radical (unpaired) electrons. The number of carboxylic acids is 1. The smallest absolute Gasteiger partial charge is 0.339 e. The van der Waals surface area contributed by atoms with E-state index in [1.807, 2.05) is 0 Å². The third-order valence-electron chi connectivity index (χ3n) is 2.66. The van der Waals surface area contributed by atoms with Gasteiger partial charge in [-0.15, -0.1) is 0 Å². The van der Waals surface area contributed by atoms with Gasteiger partial charge in [0.1, 0.15) is 11.4 Å². The minimum Gasteiger partial charge on any atom is -0.478 e. The number of nitrogens with zero attached hydrogens (tertiary/aromatic N) is 2. The molecule has 0 atom stereocenters. The summed E-state index contributed by atoms with van der Waals surface area (Å²) in [7, 11) is 0. The van der Waals surface area contributed by atoms with Gasteiger partial charge in [0.25, 0.3) is 0 Å². The summed E-state index contributed by atoms with van der Waals surface area (Å²) in [5.41, 5.74) is 1.19. The molecule has 18 heavy (non-hydrogen) atoms. The number of halogens is 2. The van der Waals surface area contributed by atoms with E-state index in [0.29, 0.717) is 16.3 Å². The molecule has 0 spiro atoms. The number of rotatable bonds is 3. The summed E-state index contributed by atoms with van der Waals surface area (Å²) in [5.74, 6) is -1.43. The van der Waals surface area contributed by atoms with Crippen LogP contribution in [0.5, 0.6) is 0 Å². The van der Waals surface area contributed by atoms with Crippen molar-refractivity contribution in [3.63, 3.8) is 0 Å². The monoisotopic (exact) mass is 268 g/mol. The highest BCUT2D eigenvalue weighted by molar-refractivity contribution is 6.31. The molecule has 1 N–H and O–H groups in total. The molecule has 2 aromatic rings. The van der Waals surface area contributed by atoms with E-state index in [9.17, 15) is 9.18 Å². The minimum absolute atomic E-state index is 0.127. The second-order valence-electron chi connectivity index (χ2n) is 3.84. The van der Waals surface area contributed by atoms with Gasteiger partial charge in [-0.2, -0.15) is 5.10 Å². The lowest BCUT2D eigenvalue weighted by atomic mass is 10.2. The van der Waals surface area contributed by atoms with E-state index in [2.05, 4.69) is 5.10 Å². The van der Waals surface area contributed by atoms with Crippen LogP contribution in [0.2, 0.25) is 5.02 Å². The first-order valence-corrected chi connectivity index (χ1v) is 5.56. The van der Waals surface area contributed by atoms with Crippen LogP contribution in [0.4, 0.5) is 4.39 Å². The van der Waals surface area contributed by atoms with Gasteiger partial charge < -0.3 is 5.11 Å². The SMILES string of the molecule is Cc1c(C(=O)O)cnn1Cc1cc(F)ccc1Cl. The van der Waals surface area contributed by atoms with Crippen molar-refractivity contribution in [3.8, 4) is 0 Å². The molecule has 2 rings (SSSR count). The van der Waals surface area contributed by atoms with Crippen molar-refractivity contribution in [3.05, 3.63) is 52.1 Å². The molecule has 0 bridgehead atoms. The molecule has 4 nitrogen and oxygen atoms in total. The highest BCUT2D eigenvalue weighted by Gasteiger charge is 2.13. The summed E-state index contributed by atoms with van der Waals surface area (Å²) in [6, 6.07) is 4.04. The largest absolute Gasteiger partial charge is 0.478 e. The van der Waals surface area contributed by atoms with Crippen LogP contribution in [0.15, 0.2) is 24.4 Å². The molecule has 0 saturated heterocycles. The van der Waals surface area contributed by atoms with Gasteiger partial charge in [-0.1, -0.05) is 11.6 Å². The fourth-order valence-corrected chi connectivity index (χ4v) is 1.82. The predicted molar refractivity (Wildman–Crippen MR) is 64.4 cm³/mol. The standard InChI is InChI=1S/C12H10ClFN2O2/c1-7-10(12(17)18)5-15-16(7)6-8-4-9(14)2-3-11(8)13/h2-5H,6H2,1H3,(H,17,18). The molecule has 0 unspecified atom stereocenters. The Balaban J connectivity index is 2.34. The Bertz CT molecular complexity index is 610. The Morgan fingerprint density at radius 2 is 2.28 bits per heavy atom. The summed E-state index contributed by atoms with van der Waals surface area (Å²) in [6.07, 6.45) is 1.27. The third-order valence-corrected chi connectivity index (χ3v) is 3.03. The molecule has 1 aromatic heterocycles. The maximum Gasteiger partial charge on any atom is 0.339 e. The van der Waals surface area contributed by atoms with Crippen molar-refractivity contribution >= 4 is 17.6 Å². The average Bonchev–Trinajstić information content (AvgIpc) is 2.66. The first kappa shape index (κ1) is 12.6. The van der Waals surface area contributed by atoms with Crippen LogP contribution in [0.3, 0.4) is 0 Å². The summed E-state index contributed by atoms with van der Waals surface area (Å²) in [5, 5.41) is 13.3. The van der Waals surface area contributed by atoms with Gasteiger partial charge in [0.15, 0.2) is 0 Å². The first-order chi connectivity index (χ1) is 8.49. The number of carboxylic acid groups (broad SMARTS) is 1. The second-order valence-corrected chi connectivity index (χ2v) is 4.25. The maximum atomic E-state index is 13.1. The molecule has 94 valence electrons. The molecular formula is C12H10ClFN2O2. The zero-order valence-electron chi connectivity index (χ0n) is 9.52. The van der Waals surface area contributed by atoms with Gasteiger partial charge >= 0.3 is 5.97 Å². The van der Waals surface area contributed by atoms with E-state index in [1.165, 1.54) is 29.1 Å². The van der Waals surface area contributed by atoms with Crippen LogP contribution in [-0.4, -0.2) is 20.9 Å². The van der Waals surface area contributed by atoms with Crippen molar-refractivity contribution in [1.29, 1.82) is 0 Å². The Morgan fingerprint density at radius 1 is 1.56 bits per heavy atom. The number of aromatic carboxylic acids is 1. The van der Waals surface area contributed by atoms with Crippen molar-refractivity contribution in [1.82, 2.24) is 9.78 Å². The number of benzene rings is 1. The highest BCUT2D eigenvalue weighted by Crippen LogP contribution is 2.19. The topological polar surface area (TPSA) is 55.1 Å². The second kappa shape index (κ2) is 4.78. The Kier molecular flexibility index (Phi) is 3.34. The lowest BCUT2D eigenvalue weighted by Gasteiger charge is -2.07. The van der Waals surface area contributed by atoms with Gasteiger partial charge in [0.05, 0.1) is 18.4 Å². The van der Waals surface area contributed by atoms with Crippen LogP contribution < -0.4 is 0 Å². The van der Waals surface area contributed by atoms with Crippen LogP contribution in [0, 0.1) is 12.7 Å². The van der Waals surface area contributed by atoms with E-state index in [0.717, 1.165) is 0 Å². The first-order valence-electron chi connectivity index (χ1n) is 5.18. The van der Waals surface area contributed by atoms with Crippen molar-refractivity contribution in [2.75, 3.05) is 0 Å². The average molecular weight is 269 g/mol. The van der Waals surface area contributed by atoms with Gasteiger partial charge in [0.2, 0.25) is 0 Å².